The van der Waals surface area contributed by atoms with Crippen molar-refractivity contribution in [3.8, 4) is 5.75 Å². The van der Waals surface area contributed by atoms with Crippen LogP contribution in [0.3, 0.4) is 0 Å². The fourth-order valence-corrected chi connectivity index (χ4v) is 2.64. The molecule has 0 unspecified atom stereocenters. The number of hydrogen-bond acceptors (Lipinski definition) is 4. The lowest BCUT2D eigenvalue weighted by Crippen LogP contribution is -2.27. The normalized spacial score (nSPS) is 10.5. The maximum Gasteiger partial charge on any atom is 0.269 e. The molecule has 138 valence electrons. The maximum atomic E-state index is 12.3. The first-order chi connectivity index (χ1) is 12.3. The zero-order chi connectivity index (χ0) is 19.3. The highest BCUT2D eigenvalue weighted by Gasteiger charge is 2.15. The van der Waals surface area contributed by atoms with Gasteiger partial charge < -0.3 is 9.64 Å². The van der Waals surface area contributed by atoms with Crippen LogP contribution in [-0.2, 0) is 11.3 Å². The molecule has 0 N–H and O–H groups in total. The zero-order valence-corrected chi connectivity index (χ0v) is 15.7. The fourth-order valence-electron chi connectivity index (χ4n) is 2.46. The van der Waals surface area contributed by atoms with Crippen molar-refractivity contribution in [2.45, 2.75) is 26.8 Å². The second-order valence-corrected chi connectivity index (χ2v) is 6.49. The van der Waals surface area contributed by atoms with Gasteiger partial charge in [-0.2, -0.15) is 0 Å². The van der Waals surface area contributed by atoms with Crippen LogP contribution in [-0.4, -0.2) is 29.4 Å². The molecular formula is C19H21ClN2O4. The number of halogens is 1. The fraction of sp³-hybridized carbons (Fsp3) is 0.316. The number of benzene rings is 2. The smallest absolute Gasteiger partial charge is 0.269 e. The maximum absolute atomic E-state index is 12.3. The Morgan fingerprint density at radius 1 is 1.27 bits per heavy atom. The molecule has 2 aromatic carbocycles. The van der Waals surface area contributed by atoms with E-state index < -0.39 is 4.92 Å². The summed E-state index contributed by atoms with van der Waals surface area (Å²) in [6.07, 6.45) is 0.205. The third-order valence-electron chi connectivity index (χ3n) is 4.20. The molecule has 0 aliphatic heterocycles. The Labute approximate surface area is 157 Å². The number of hydrogen-bond donors (Lipinski definition) is 0. The van der Waals surface area contributed by atoms with E-state index in [0.717, 1.165) is 16.9 Å². The number of carbonyl (C=O) groups is 1. The van der Waals surface area contributed by atoms with E-state index in [2.05, 4.69) is 0 Å². The van der Waals surface area contributed by atoms with Crippen LogP contribution in [0.4, 0.5) is 5.69 Å². The summed E-state index contributed by atoms with van der Waals surface area (Å²) in [5.74, 6) is 0.639. The van der Waals surface area contributed by atoms with Crippen molar-refractivity contribution in [2.75, 3.05) is 13.7 Å². The van der Waals surface area contributed by atoms with Crippen LogP contribution in [0.5, 0.6) is 5.75 Å². The van der Waals surface area contributed by atoms with Gasteiger partial charge in [0.25, 0.3) is 5.69 Å². The van der Waals surface area contributed by atoms with Gasteiger partial charge in [-0.25, -0.2) is 0 Å². The number of nitro groups is 1. The minimum absolute atomic E-state index is 0.0523. The van der Waals surface area contributed by atoms with E-state index in [9.17, 15) is 14.9 Å². The summed E-state index contributed by atoms with van der Waals surface area (Å²) in [4.78, 5) is 24.2. The SMILES string of the molecule is Cc1cccc(OCCC(=O)N(C)Cc2cc([N+](=O)[O-])ccc2Cl)c1C. The molecule has 0 aliphatic rings. The van der Waals surface area contributed by atoms with Crippen molar-refractivity contribution in [1.29, 1.82) is 0 Å². The highest BCUT2D eigenvalue weighted by atomic mass is 35.5. The zero-order valence-electron chi connectivity index (χ0n) is 15.0. The topological polar surface area (TPSA) is 72.7 Å². The Morgan fingerprint density at radius 2 is 2.00 bits per heavy atom. The largest absolute Gasteiger partial charge is 0.493 e. The molecule has 0 saturated heterocycles. The lowest BCUT2D eigenvalue weighted by Gasteiger charge is -2.18. The molecular weight excluding hydrogens is 356 g/mol. The molecule has 0 radical (unpaired) electrons. The summed E-state index contributed by atoms with van der Waals surface area (Å²) < 4.78 is 5.70. The predicted octanol–water partition coefficient (Wildman–Crippen LogP) is 4.29. The number of ether oxygens (including phenoxy) is 1. The first kappa shape index (κ1) is 19.7. The third-order valence-corrected chi connectivity index (χ3v) is 4.57. The summed E-state index contributed by atoms with van der Waals surface area (Å²) in [5, 5.41) is 11.3. The van der Waals surface area contributed by atoms with E-state index in [1.165, 1.54) is 23.1 Å². The average Bonchev–Trinajstić information content (AvgIpc) is 2.60. The minimum Gasteiger partial charge on any atom is -0.493 e. The van der Waals surface area contributed by atoms with Gasteiger partial charge in [-0.05, 0) is 42.7 Å². The van der Waals surface area contributed by atoms with E-state index in [0.29, 0.717) is 10.6 Å². The number of rotatable bonds is 7. The second kappa shape index (κ2) is 8.67. The number of carbonyl (C=O) groups excluding carboxylic acids is 1. The van der Waals surface area contributed by atoms with E-state index in [1.807, 2.05) is 32.0 Å². The van der Waals surface area contributed by atoms with Gasteiger partial charge in [0, 0.05) is 30.7 Å². The van der Waals surface area contributed by atoms with E-state index in [1.54, 1.807) is 7.05 Å². The molecule has 2 rings (SSSR count). The lowest BCUT2D eigenvalue weighted by atomic mass is 10.1. The molecule has 26 heavy (non-hydrogen) atoms. The van der Waals surface area contributed by atoms with E-state index >= 15 is 0 Å². The molecule has 0 heterocycles. The van der Waals surface area contributed by atoms with Gasteiger partial charge in [0.2, 0.25) is 5.91 Å². The molecule has 1 amide bonds. The van der Waals surface area contributed by atoms with Gasteiger partial charge in [0.05, 0.1) is 18.0 Å². The Morgan fingerprint density at radius 3 is 2.69 bits per heavy atom. The summed E-state index contributed by atoms with van der Waals surface area (Å²) in [6.45, 7) is 4.44. The van der Waals surface area contributed by atoms with Crippen LogP contribution in [0.25, 0.3) is 0 Å². The van der Waals surface area contributed by atoms with Gasteiger partial charge in [0.1, 0.15) is 5.75 Å². The summed E-state index contributed by atoms with van der Waals surface area (Å²) in [5.41, 5.74) is 2.67. The molecule has 2 aromatic rings. The molecule has 0 bridgehead atoms. The number of non-ortho nitro benzene ring substituents is 1. The Hall–Kier alpha value is -2.60. The minimum atomic E-state index is -0.486. The van der Waals surface area contributed by atoms with Crippen molar-refractivity contribution in [3.63, 3.8) is 0 Å². The lowest BCUT2D eigenvalue weighted by molar-refractivity contribution is -0.384. The molecule has 0 aliphatic carbocycles. The van der Waals surface area contributed by atoms with Crippen molar-refractivity contribution in [1.82, 2.24) is 4.90 Å². The molecule has 6 nitrogen and oxygen atoms in total. The van der Waals surface area contributed by atoms with Crippen LogP contribution in [0.15, 0.2) is 36.4 Å². The molecule has 0 atom stereocenters. The van der Waals surface area contributed by atoms with Crippen molar-refractivity contribution < 1.29 is 14.5 Å². The summed E-state index contributed by atoms with van der Waals surface area (Å²) in [7, 11) is 1.63. The molecule has 0 saturated carbocycles. The van der Waals surface area contributed by atoms with Gasteiger partial charge in [-0.1, -0.05) is 23.7 Å². The molecule has 7 heteroatoms. The highest BCUT2D eigenvalue weighted by molar-refractivity contribution is 6.31. The van der Waals surface area contributed by atoms with Crippen LogP contribution in [0.2, 0.25) is 5.02 Å². The first-order valence-electron chi connectivity index (χ1n) is 8.15. The van der Waals surface area contributed by atoms with Gasteiger partial charge >= 0.3 is 0 Å². The number of nitro benzene ring substituents is 1. The van der Waals surface area contributed by atoms with Crippen molar-refractivity contribution >= 4 is 23.2 Å². The third kappa shape index (κ3) is 4.95. The van der Waals surface area contributed by atoms with E-state index in [4.69, 9.17) is 16.3 Å². The van der Waals surface area contributed by atoms with Crippen molar-refractivity contribution in [3.05, 3.63) is 68.2 Å². The average molecular weight is 377 g/mol. The van der Waals surface area contributed by atoms with Crippen LogP contribution >= 0.6 is 11.6 Å². The molecule has 0 fully saturated rings. The van der Waals surface area contributed by atoms with E-state index in [-0.39, 0.29) is 31.2 Å². The predicted molar refractivity (Wildman–Crippen MR) is 101 cm³/mol. The monoisotopic (exact) mass is 376 g/mol. The first-order valence-corrected chi connectivity index (χ1v) is 8.53. The van der Waals surface area contributed by atoms with Gasteiger partial charge in [0.15, 0.2) is 0 Å². The number of aryl methyl sites for hydroxylation is 1. The Kier molecular flexibility index (Phi) is 6.58. The van der Waals surface area contributed by atoms with Crippen LogP contribution in [0.1, 0.15) is 23.1 Å². The standard InChI is InChI=1S/C19H21ClN2O4/c1-13-5-4-6-18(14(13)2)26-10-9-19(23)21(3)12-15-11-16(22(24)25)7-8-17(15)20/h4-8,11H,9-10,12H2,1-3H3. The number of amides is 1. The highest BCUT2D eigenvalue weighted by Crippen LogP contribution is 2.24. The second-order valence-electron chi connectivity index (χ2n) is 6.08. The summed E-state index contributed by atoms with van der Waals surface area (Å²) in [6, 6.07) is 9.99. The van der Waals surface area contributed by atoms with Crippen LogP contribution < -0.4 is 4.74 Å². The van der Waals surface area contributed by atoms with Crippen molar-refractivity contribution in [2.24, 2.45) is 0 Å². The van der Waals surface area contributed by atoms with Crippen LogP contribution in [0, 0.1) is 24.0 Å². The summed E-state index contributed by atoms with van der Waals surface area (Å²) >= 11 is 6.08. The Balaban J connectivity index is 1.93. The molecule has 0 aromatic heterocycles. The quantitative estimate of drug-likeness (QED) is 0.533. The Bertz CT molecular complexity index is 823. The van der Waals surface area contributed by atoms with Gasteiger partial charge in [-0.15, -0.1) is 0 Å². The van der Waals surface area contributed by atoms with Gasteiger partial charge in [-0.3, -0.25) is 14.9 Å². The molecule has 0 spiro atoms. The number of nitrogens with zero attached hydrogens (tertiary/aromatic N) is 2.